The van der Waals surface area contributed by atoms with Crippen LogP contribution in [-0.4, -0.2) is 83.7 Å². The fourth-order valence-electron chi connectivity index (χ4n) is 20.6. The predicted octanol–water partition coefficient (Wildman–Crippen LogP) is 25.9. The summed E-state index contributed by atoms with van der Waals surface area (Å²) in [6.45, 7) is 15.4. The Morgan fingerprint density at radius 2 is 0.422 bits per heavy atom. The summed E-state index contributed by atoms with van der Waals surface area (Å²) in [6.07, 6.45) is 6.46. The van der Waals surface area contributed by atoms with Gasteiger partial charge in [0.2, 0.25) is 34.7 Å². The molecule has 27 rings (SSSR count). The van der Waals surface area contributed by atoms with E-state index in [1.807, 2.05) is 0 Å². The van der Waals surface area contributed by atoms with E-state index in [1.165, 1.54) is 39.8 Å². The molecule has 0 atom stereocenters. The molecule has 0 fully saturated rings. The van der Waals surface area contributed by atoms with E-state index >= 15 is 0 Å². The Hall–Kier alpha value is -16.1. The van der Waals surface area contributed by atoms with Crippen LogP contribution in [0.1, 0.15) is 80.3 Å². The molecule has 0 aliphatic carbocycles. The zero-order valence-electron chi connectivity index (χ0n) is 72.0. The molecular weight excluding hydrogens is 1570 g/mol. The molecule has 0 bridgehead atoms. The number of rotatable bonds is 13. The summed E-state index contributed by atoms with van der Waals surface area (Å²) in [5.41, 5.74) is 40.7. The standard InChI is InChI=1S/2C37H30N6.C36H28N6/c1-23(2)21-25-12-9-20-33-35(25)39-37-41(29-16-5-7-18-31(29)43(33)37)27-14-10-13-26(22-27)40-28-15-4-6-17-30(28)42-32-19-8-11-24(3)34(32)38-36(40)42;1-3-4-13-25-14-10-22-33-35(25)39-37-41(29-18-6-8-20-31(29)43(33)37)27-16-11-15-26(23-27)40-28-17-5-7-19-30(28)42-32-21-9-12-24(2)34(32)38-36(40)42;1-3-11-24-13-9-21-32-34(24)38-36-40(28-17-5-7-19-30(28)42(32)36)26-15-10-14-25(22-26)39-27-16-4-6-18-29(27)41-31-20-8-12-23(2)33(31)37-35(39)41/h4-20,22-23H,21H2,1-3H3;5-12,14-23H,3-4,13H2,1-2H3;4-10,12-22H,3,11H2,1-2H3. The Balaban J connectivity index is 0.000000104. The van der Waals surface area contributed by atoms with Crippen molar-refractivity contribution in [3.8, 4) is 34.1 Å². The first-order valence-electron chi connectivity index (χ1n) is 44.7. The summed E-state index contributed by atoms with van der Waals surface area (Å²) in [5, 5.41) is 0. The number of fused-ring (bicyclic) bond motifs is 30. The van der Waals surface area contributed by atoms with Gasteiger partial charge in [-0.25, -0.2) is 29.9 Å². The van der Waals surface area contributed by atoms with Gasteiger partial charge in [-0.3, -0.25) is 53.8 Å². The van der Waals surface area contributed by atoms with E-state index in [-0.39, 0.29) is 0 Å². The predicted molar refractivity (Wildman–Crippen MR) is 523 cm³/mol. The molecule has 618 valence electrons. The van der Waals surface area contributed by atoms with E-state index < -0.39 is 0 Å². The molecule has 0 N–H and O–H groups in total. The zero-order valence-corrected chi connectivity index (χ0v) is 72.0. The summed E-state index contributed by atoms with van der Waals surface area (Å²) in [7, 11) is 0. The van der Waals surface area contributed by atoms with Crippen LogP contribution >= 0.6 is 0 Å². The van der Waals surface area contributed by atoms with Gasteiger partial charge >= 0.3 is 0 Å². The van der Waals surface area contributed by atoms with Crippen LogP contribution in [0.5, 0.6) is 0 Å². The second-order valence-electron chi connectivity index (χ2n) is 34.6. The number of nitrogens with zero attached hydrogens (tertiary/aromatic N) is 18. The van der Waals surface area contributed by atoms with Crippen molar-refractivity contribution in [2.75, 3.05) is 0 Å². The average molecular weight is 1660 g/mol. The third kappa shape index (κ3) is 11.1. The highest BCUT2D eigenvalue weighted by Gasteiger charge is 2.28. The Morgan fingerprint density at radius 1 is 0.211 bits per heavy atom. The van der Waals surface area contributed by atoms with E-state index in [1.54, 1.807) is 0 Å². The van der Waals surface area contributed by atoms with Gasteiger partial charge in [0.25, 0.3) is 0 Å². The highest BCUT2D eigenvalue weighted by atomic mass is 15.3. The third-order valence-electron chi connectivity index (χ3n) is 26.2. The van der Waals surface area contributed by atoms with Gasteiger partial charge in [0.15, 0.2) is 0 Å². The lowest BCUT2D eigenvalue weighted by molar-refractivity contribution is 0.649. The SMILES string of the molecule is CCCCc1cccc2c1nc1n(-c3cccc(-n4c5ccccc5n5c6cccc(C)c6nc45)c3)c3ccccc3n21.CCCc1cccc2c1nc1n(-c3cccc(-n4c5ccccc5n5c6cccc(C)c6nc45)c3)c3ccccc3n21.Cc1cccc2c1nc1n(-c3cccc(-n4c5ccccc5n5c6cccc(CC(C)C)c6nc45)c3)c3ccccc3n21. The van der Waals surface area contributed by atoms with Crippen LogP contribution in [0.25, 0.3) is 201 Å². The maximum Gasteiger partial charge on any atom is 0.220 e. The fourth-order valence-corrected chi connectivity index (χ4v) is 20.6. The van der Waals surface area contributed by atoms with Gasteiger partial charge in [-0.05, 0) is 250 Å². The van der Waals surface area contributed by atoms with E-state index in [2.05, 4.69) is 430 Å². The van der Waals surface area contributed by atoms with Crippen LogP contribution in [0.4, 0.5) is 0 Å². The second-order valence-corrected chi connectivity index (χ2v) is 34.6. The van der Waals surface area contributed by atoms with Crippen molar-refractivity contribution >= 4 is 167 Å². The maximum absolute atomic E-state index is 5.32. The van der Waals surface area contributed by atoms with Gasteiger partial charge in [-0.2, -0.15) is 0 Å². The molecule has 0 saturated heterocycles. The molecule has 18 nitrogen and oxygen atoms in total. The van der Waals surface area contributed by atoms with Crippen molar-refractivity contribution in [1.29, 1.82) is 0 Å². The van der Waals surface area contributed by atoms with E-state index in [4.69, 9.17) is 29.9 Å². The number of aromatic nitrogens is 18. The van der Waals surface area contributed by atoms with Gasteiger partial charge < -0.3 is 0 Å². The molecule has 18 heteroatoms. The number of hydrogen-bond donors (Lipinski definition) is 0. The van der Waals surface area contributed by atoms with Gasteiger partial charge in [-0.15, -0.1) is 0 Å². The third-order valence-corrected chi connectivity index (χ3v) is 26.2. The van der Waals surface area contributed by atoms with Crippen molar-refractivity contribution in [3.05, 3.63) is 361 Å². The lowest BCUT2D eigenvalue weighted by Crippen LogP contribution is -2.00. The first kappa shape index (κ1) is 74.5. The Kier molecular flexibility index (Phi) is 16.9. The Labute approximate surface area is 734 Å². The van der Waals surface area contributed by atoms with E-state index in [0.29, 0.717) is 5.92 Å². The van der Waals surface area contributed by atoms with Crippen LogP contribution in [-0.2, 0) is 19.3 Å². The van der Waals surface area contributed by atoms with Gasteiger partial charge in [0.05, 0.1) is 167 Å². The summed E-state index contributed by atoms with van der Waals surface area (Å²) >= 11 is 0. The molecule has 0 amide bonds. The van der Waals surface area contributed by atoms with Gasteiger partial charge in [-0.1, -0.05) is 204 Å². The van der Waals surface area contributed by atoms with E-state index in [9.17, 15) is 0 Å². The molecule has 0 radical (unpaired) electrons. The molecule has 0 unspecified atom stereocenters. The molecule has 0 aliphatic heterocycles. The number of imidazole rings is 12. The summed E-state index contributed by atoms with van der Waals surface area (Å²) < 4.78 is 27.5. The van der Waals surface area contributed by atoms with Gasteiger partial charge in [0.1, 0.15) is 0 Å². The number of benzene rings is 15. The lowest BCUT2D eigenvalue weighted by Gasteiger charge is -2.10. The van der Waals surface area contributed by atoms with Crippen LogP contribution in [0, 0.1) is 26.7 Å². The molecule has 0 spiro atoms. The normalized spacial score (nSPS) is 12.3. The summed E-state index contributed by atoms with van der Waals surface area (Å²) in [4.78, 5) is 31.5. The molecule has 15 aromatic carbocycles. The molecule has 128 heavy (non-hydrogen) atoms. The van der Waals surface area contributed by atoms with Crippen LogP contribution in [0.15, 0.2) is 328 Å². The quantitative estimate of drug-likeness (QED) is 0.113. The Bertz CT molecular complexity index is 9240. The van der Waals surface area contributed by atoms with Crippen molar-refractivity contribution in [3.63, 3.8) is 0 Å². The topological polar surface area (TPSA) is 133 Å². The van der Waals surface area contributed by atoms with Crippen molar-refractivity contribution in [1.82, 2.24) is 83.7 Å². The maximum atomic E-state index is 5.32. The monoisotopic (exact) mass is 1660 g/mol. The van der Waals surface area contributed by atoms with Crippen LogP contribution in [0.2, 0.25) is 0 Å². The van der Waals surface area contributed by atoms with Crippen molar-refractivity contribution < 1.29 is 0 Å². The molecule has 27 aromatic rings. The highest BCUT2D eigenvalue weighted by molar-refractivity contribution is 6.01. The number of aryl methyl sites for hydroxylation is 5. The minimum atomic E-state index is 0.554. The largest absolute Gasteiger partial charge is 0.278 e. The number of unbranched alkanes of at least 4 members (excludes halogenated alkanes) is 1. The number of hydrogen-bond acceptors (Lipinski definition) is 6. The van der Waals surface area contributed by atoms with Crippen molar-refractivity contribution in [2.45, 2.75) is 87.0 Å². The smallest absolute Gasteiger partial charge is 0.220 e. The second kappa shape index (κ2) is 29.0. The minimum absolute atomic E-state index is 0.554. The van der Waals surface area contributed by atoms with Crippen molar-refractivity contribution in [2.24, 2.45) is 5.92 Å². The van der Waals surface area contributed by atoms with Gasteiger partial charge in [0, 0.05) is 0 Å². The lowest BCUT2D eigenvalue weighted by atomic mass is 10.0. The molecular formula is C110H88N18. The Morgan fingerprint density at radius 3 is 0.680 bits per heavy atom. The fraction of sp³-hybridized carbons (Fsp3) is 0.127. The first-order valence-corrected chi connectivity index (χ1v) is 44.7. The minimum Gasteiger partial charge on any atom is -0.278 e. The highest BCUT2D eigenvalue weighted by Crippen LogP contribution is 2.41. The summed E-state index contributed by atoms with van der Waals surface area (Å²) in [5.74, 6) is 6.08. The molecule has 12 aromatic heterocycles. The summed E-state index contributed by atoms with van der Waals surface area (Å²) in [6, 6.07) is 117. The number of para-hydroxylation sites is 18. The van der Waals surface area contributed by atoms with Crippen LogP contribution in [0.3, 0.4) is 0 Å². The molecule has 0 aliphatic rings. The zero-order chi connectivity index (χ0) is 85.4. The van der Waals surface area contributed by atoms with E-state index in [0.717, 1.165) is 233 Å². The average Bonchev–Trinajstić information content (AvgIpc) is 1.60. The molecule has 0 saturated carbocycles. The van der Waals surface area contributed by atoms with Crippen LogP contribution < -0.4 is 0 Å². The molecule has 12 heterocycles. The first-order chi connectivity index (χ1) is 63.0.